The third kappa shape index (κ3) is 3.94. The summed E-state index contributed by atoms with van der Waals surface area (Å²) in [6, 6.07) is 3.86. The molecule has 0 saturated carbocycles. The van der Waals surface area contributed by atoms with E-state index in [1.165, 1.54) is 6.07 Å². The molecule has 8 nitrogen and oxygen atoms in total. The van der Waals surface area contributed by atoms with E-state index in [0.29, 0.717) is 43.8 Å². The average Bonchev–Trinajstić information content (AvgIpc) is 2.52. The topological polar surface area (TPSA) is 102 Å². The second-order valence-corrected chi connectivity index (χ2v) is 8.81. The second kappa shape index (κ2) is 6.89. The lowest BCUT2D eigenvalue weighted by molar-refractivity contribution is -0.384. The molecule has 0 amide bonds. The first-order valence-corrected chi connectivity index (χ1v) is 9.88. The predicted molar refractivity (Wildman–Crippen MR) is 93.2 cm³/mol. The molecule has 2 atom stereocenters. The SMILES string of the molecule is CC(C)NS(=O)(=O)c1ccc(N2CC3COCC(C3)C2)c([N+](=O)[O-])c1. The van der Waals surface area contributed by atoms with Crippen LogP contribution in [0, 0.1) is 22.0 Å². The number of nitro benzene ring substituents is 1. The quantitative estimate of drug-likeness (QED) is 0.627. The van der Waals surface area contributed by atoms with E-state index in [0.717, 1.165) is 12.5 Å². The van der Waals surface area contributed by atoms with Crippen molar-refractivity contribution in [3.8, 4) is 0 Å². The Bertz CT molecular complexity index is 753. The lowest BCUT2D eigenvalue weighted by Crippen LogP contribution is -2.47. The maximum absolute atomic E-state index is 12.3. The van der Waals surface area contributed by atoms with Crippen molar-refractivity contribution in [1.29, 1.82) is 0 Å². The van der Waals surface area contributed by atoms with E-state index >= 15 is 0 Å². The second-order valence-electron chi connectivity index (χ2n) is 7.09. The Balaban J connectivity index is 1.94. The fourth-order valence-corrected chi connectivity index (χ4v) is 4.89. The number of nitro groups is 1. The van der Waals surface area contributed by atoms with Crippen molar-refractivity contribution in [2.24, 2.45) is 11.8 Å². The molecule has 1 N–H and O–H groups in total. The number of hydrogen-bond acceptors (Lipinski definition) is 6. The van der Waals surface area contributed by atoms with Crippen molar-refractivity contribution in [2.75, 3.05) is 31.2 Å². The van der Waals surface area contributed by atoms with Gasteiger partial charge in [0, 0.05) is 37.0 Å². The summed E-state index contributed by atoms with van der Waals surface area (Å²) in [5.41, 5.74) is 0.303. The Labute approximate surface area is 147 Å². The van der Waals surface area contributed by atoms with Gasteiger partial charge in [-0.2, -0.15) is 0 Å². The van der Waals surface area contributed by atoms with Crippen LogP contribution in [0.4, 0.5) is 11.4 Å². The van der Waals surface area contributed by atoms with Crippen LogP contribution in [0.3, 0.4) is 0 Å². The lowest BCUT2D eigenvalue weighted by Gasteiger charge is -2.42. The predicted octanol–water partition coefficient (Wildman–Crippen LogP) is 1.75. The molecule has 1 aromatic rings. The standard InChI is InChI=1S/C16H23N3O5S/c1-11(2)17-25(22,23)14-3-4-15(16(6-14)19(20)21)18-7-12-5-13(8-18)10-24-9-12/h3-4,6,11-13,17H,5,7-10H2,1-2H3. The van der Waals surface area contributed by atoms with Gasteiger partial charge in [-0.1, -0.05) is 0 Å². The molecule has 2 aliphatic heterocycles. The normalized spacial score (nSPS) is 23.7. The van der Waals surface area contributed by atoms with Gasteiger partial charge >= 0.3 is 0 Å². The summed E-state index contributed by atoms with van der Waals surface area (Å²) < 4.78 is 32.6. The highest BCUT2D eigenvalue weighted by Gasteiger charge is 2.34. The van der Waals surface area contributed by atoms with Gasteiger partial charge in [-0.3, -0.25) is 10.1 Å². The minimum absolute atomic E-state index is 0.0859. The molecule has 2 bridgehead atoms. The smallest absolute Gasteiger partial charge is 0.293 e. The van der Waals surface area contributed by atoms with Gasteiger partial charge in [0.25, 0.3) is 5.69 Å². The van der Waals surface area contributed by atoms with Crippen LogP contribution in [0.25, 0.3) is 0 Å². The van der Waals surface area contributed by atoms with Gasteiger partial charge in [0.15, 0.2) is 0 Å². The Kier molecular flexibility index (Phi) is 4.99. The van der Waals surface area contributed by atoms with E-state index in [1.807, 2.05) is 4.90 Å². The molecule has 1 aromatic carbocycles. The minimum atomic E-state index is -3.77. The van der Waals surface area contributed by atoms with E-state index in [2.05, 4.69) is 4.72 Å². The molecule has 0 aliphatic carbocycles. The summed E-state index contributed by atoms with van der Waals surface area (Å²) >= 11 is 0. The zero-order chi connectivity index (χ0) is 18.2. The number of fused-ring (bicyclic) bond motifs is 2. The number of ether oxygens (including phenoxy) is 1. The van der Waals surface area contributed by atoms with E-state index in [1.54, 1.807) is 19.9 Å². The highest BCUT2D eigenvalue weighted by Crippen LogP contribution is 2.36. The summed E-state index contributed by atoms with van der Waals surface area (Å²) in [5.74, 6) is 0.719. The molecule has 138 valence electrons. The molecule has 2 saturated heterocycles. The first-order valence-electron chi connectivity index (χ1n) is 8.39. The molecule has 9 heteroatoms. The molecule has 2 heterocycles. The highest BCUT2D eigenvalue weighted by atomic mass is 32.2. The van der Waals surface area contributed by atoms with Crippen molar-refractivity contribution in [2.45, 2.75) is 31.2 Å². The molecular weight excluding hydrogens is 346 g/mol. The summed E-state index contributed by atoms with van der Waals surface area (Å²) in [7, 11) is -3.77. The van der Waals surface area contributed by atoms with Gasteiger partial charge in [-0.15, -0.1) is 0 Å². The maximum Gasteiger partial charge on any atom is 0.293 e. The summed E-state index contributed by atoms with van der Waals surface area (Å²) in [6.07, 6.45) is 1.08. The van der Waals surface area contributed by atoms with Gasteiger partial charge in [0.1, 0.15) is 5.69 Å². The Morgan fingerprint density at radius 3 is 2.48 bits per heavy atom. The molecule has 2 unspecified atom stereocenters. The van der Waals surface area contributed by atoms with Crippen molar-refractivity contribution < 1.29 is 18.1 Å². The van der Waals surface area contributed by atoms with Gasteiger partial charge < -0.3 is 9.64 Å². The monoisotopic (exact) mass is 369 g/mol. The van der Waals surface area contributed by atoms with Crippen LogP contribution in [-0.4, -0.2) is 45.7 Å². The number of piperidine rings is 1. The van der Waals surface area contributed by atoms with Crippen LogP contribution in [0.15, 0.2) is 23.1 Å². The van der Waals surface area contributed by atoms with Gasteiger partial charge in [-0.05, 0) is 32.4 Å². The lowest BCUT2D eigenvalue weighted by atomic mass is 9.88. The number of anilines is 1. The summed E-state index contributed by atoms with van der Waals surface area (Å²) in [5, 5.41) is 11.6. The van der Waals surface area contributed by atoms with E-state index in [-0.39, 0.29) is 16.6 Å². The van der Waals surface area contributed by atoms with Gasteiger partial charge in [0.2, 0.25) is 10.0 Å². The number of hydrogen-bond donors (Lipinski definition) is 1. The zero-order valence-corrected chi connectivity index (χ0v) is 15.2. The van der Waals surface area contributed by atoms with Crippen molar-refractivity contribution in [3.05, 3.63) is 28.3 Å². The summed E-state index contributed by atoms with van der Waals surface area (Å²) in [4.78, 5) is 12.9. The highest BCUT2D eigenvalue weighted by molar-refractivity contribution is 7.89. The van der Waals surface area contributed by atoms with Gasteiger partial charge in [0.05, 0.1) is 23.0 Å². The zero-order valence-electron chi connectivity index (χ0n) is 14.3. The molecular formula is C16H23N3O5S. The molecule has 25 heavy (non-hydrogen) atoms. The van der Waals surface area contributed by atoms with Crippen LogP contribution in [-0.2, 0) is 14.8 Å². The van der Waals surface area contributed by atoms with Crippen LogP contribution < -0.4 is 9.62 Å². The van der Waals surface area contributed by atoms with Crippen molar-refractivity contribution in [3.63, 3.8) is 0 Å². The number of nitrogens with zero attached hydrogens (tertiary/aromatic N) is 2. The number of rotatable bonds is 5. The third-order valence-electron chi connectivity index (χ3n) is 4.52. The largest absolute Gasteiger partial charge is 0.381 e. The third-order valence-corrected chi connectivity index (χ3v) is 6.17. The van der Waals surface area contributed by atoms with Crippen LogP contribution in [0.1, 0.15) is 20.3 Å². The molecule has 0 spiro atoms. The van der Waals surface area contributed by atoms with Crippen LogP contribution in [0.2, 0.25) is 0 Å². The van der Waals surface area contributed by atoms with Crippen LogP contribution >= 0.6 is 0 Å². The average molecular weight is 369 g/mol. The first-order chi connectivity index (χ1) is 11.8. The molecule has 3 rings (SSSR count). The van der Waals surface area contributed by atoms with E-state index < -0.39 is 14.9 Å². The fourth-order valence-electron chi connectivity index (χ4n) is 3.62. The fraction of sp³-hybridized carbons (Fsp3) is 0.625. The molecule has 2 aliphatic rings. The van der Waals surface area contributed by atoms with Gasteiger partial charge in [-0.25, -0.2) is 13.1 Å². The van der Waals surface area contributed by atoms with Crippen molar-refractivity contribution in [1.82, 2.24) is 4.72 Å². The molecule has 2 fully saturated rings. The first kappa shape index (κ1) is 18.1. The minimum Gasteiger partial charge on any atom is -0.381 e. The Morgan fingerprint density at radius 1 is 1.28 bits per heavy atom. The molecule has 0 aromatic heterocycles. The Hall–Kier alpha value is -1.71. The Morgan fingerprint density at radius 2 is 1.92 bits per heavy atom. The number of sulfonamides is 1. The van der Waals surface area contributed by atoms with E-state index in [9.17, 15) is 18.5 Å². The number of benzene rings is 1. The summed E-state index contributed by atoms with van der Waals surface area (Å²) in [6.45, 7) is 6.13. The van der Waals surface area contributed by atoms with E-state index in [4.69, 9.17) is 4.74 Å². The number of nitrogens with one attached hydrogen (secondary N) is 1. The van der Waals surface area contributed by atoms with Crippen molar-refractivity contribution >= 4 is 21.4 Å². The molecule has 0 radical (unpaired) electrons. The maximum atomic E-state index is 12.3. The van der Waals surface area contributed by atoms with Crippen LogP contribution in [0.5, 0.6) is 0 Å².